The lowest BCUT2D eigenvalue weighted by Gasteiger charge is -2.10. The van der Waals surface area contributed by atoms with Crippen molar-refractivity contribution in [2.45, 2.75) is 24.1 Å². The molecule has 10 heteroatoms. The zero-order valence-corrected chi connectivity index (χ0v) is 13.1. The summed E-state index contributed by atoms with van der Waals surface area (Å²) in [7, 11) is -3.64. The van der Waals surface area contributed by atoms with Crippen LogP contribution in [0, 0.1) is 6.92 Å². The summed E-state index contributed by atoms with van der Waals surface area (Å²) in [5, 5.41) is 10.9. The maximum atomic E-state index is 11.8. The first-order valence-electron chi connectivity index (χ1n) is 6.10. The van der Waals surface area contributed by atoms with Gasteiger partial charge in [-0.15, -0.1) is 11.3 Å². The summed E-state index contributed by atoms with van der Waals surface area (Å²) in [4.78, 5) is 15.8. The lowest BCUT2D eigenvalue weighted by molar-refractivity contribution is -0.120. The Hall–Kier alpha value is -1.78. The van der Waals surface area contributed by atoms with E-state index in [-0.39, 0.29) is 10.8 Å². The number of H-pyrrole nitrogens is 1. The molecule has 0 radical (unpaired) electrons. The van der Waals surface area contributed by atoms with Crippen LogP contribution in [0.3, 0.4) is 0 Å². The van der Waals surface area contributed by atoms with Gasteiger partial charge in [0.1, 0.15) is 10.0 Å². The molecule has 0 bridgehead atoms. The third-order valence-corrected chi connectivity index (χ3v) is 5.36. The molecule has 2 aromatic heterocycles. The molecular weight excluding hydrogens is 314 g/mol. The molecule has 2 aromatic rings. The summed E-state index contributed by atoms with van der Waals surface area (Å²) in [6.45, 7) is 3.13. The molecule has 0 aliphatic heterocycles. The van der Waals surface area contributed by atoms with Crippen LogP contribution in [0.2, 0.25) is 0 Å². The average molecular weight is 329 g/mol. The van der Waals surface area contributed by atoms with Crippen molar-refractivity contribution in [3.63, 3.8) is 0 Å². The number of carbonyl (C=O) groups excluding carboxylic acids is 1. The third-order valence-electron chi connectivity index (χ3n) is 2.56. The van der Waals surface area contributed by atoms with E-state index in [9.17, 15) is 13.2 Å². The van der Waals surface area contributed by atoms with Crippen molar-refractivity contribution in [2.75, 3.05) is 6.54 Å². The molecule has 0 aliphatic carbocycles. The van der Waals surface area contributed by atoms with Crippen LogP contribution in [-0.2, 0) is 14.8 Å². The number of rotatable bonds is 6. The molecule has 1 atom stereocenters. The number of carbonyl (C=O) groups is 1. The van der Waals surface area contributed by atoms with Crippen LogP contribution in [0.15, 0.2) is 21.7 Å². The van der Waals surface area contributed by atoms with Gasteiger partial charge in [-0.2, -0.15) is 5.10 Å². The molecule has 0 aliphatic rings. The van der Waals surface area contributed by atoms with E-state index < -0.39 is 22.0 Å². The summed E-state index contributed by atoms with van der Waals surface area (Å²) in [6, 6.07) is 2.70. The minimum Gasteiger partial charge on any atom is -0.345 e. The fourth-order valence-electron chi connectivity index (χ4n) is 1.56. The van der Waals surface area contributed by atoms with Gasteiger partial charge in [-0.1, -0.05) is 6.07 Å². The van der Waals surface area contributed by atoms with Gasteiger partial charge in [0, 0.05) is 0 Å². The predicted molar refractivity (Wildman–Crippen MR) is 77.2 cm³/mol. The summed E-state index contributed by atoms with van der Waals surface area (Å²) in [6.07, 6.45) is 0. The second kappa shape index (κ2) is 6.33. The summed E-state index contributed by atoms with van der Waals surface area (Å²) in [5.41, 5.74) is 0. The van der Waals surface area contributed by atoms with Crippen molar-refractivity contribution in [1.29, 1.82) is 0 Å². The van der Waals surface area contributed by atoms with Gasteiger partial charge in [-0.3, -0.25) is 9.89 Å². The first kappa shape index (κ1) is 15.6. The van der Waals surface area contributed by atoms with Gasteiger partial charge in [-0.05, 0) is 25.3 Å². The minimum atomic E-state index is -3.64. The Balaban J connectivity index is 1.88. The molecule has 0 unspecified atom stereocenters. The number of hydrogen-bond donors (Lipinski definition) is 3. The average Bonchev–Trinajstić information content (AvgIpc) is 3.07. The summed E-state index contributed by atoms with van der Waals surface area (Å²) < 4.78 is 26.1. The zero-order chi connectivity index (χ0) is 15.5. The summed E-state index contributed by atoms with van der Waals surface area (Å²) in [5.74, 6) is 0.636. The van der Waals surface area contributed by atoms with Crippen LogP contribution in [0.5, 0.6) is 0 Å². The highest BCUT2D eigenvalue weighted by Crippen LogP contribution is 2.14. The second-order valence-corrected chi connectivity index (χ2v) is 7.27. The molecule has 21 heavy (non-hydrogen) atoms. The van der Waals surface area contributed by atoms with Gasteiger partial charge >= 0.3 is 0 Å². The first-order chi connectivity index (χ1) is 9.88. The number of nitrogens with one attached hydrogen (secondary N) is 3. The predicted octanol–water partition coefficient (Wildman–Crippen LogP) is 0.330. The molecule has 1 amide bonds. The van der Waals surface area contributed by atoms with Crippen LogP contribution in [0.4, 0.5) is 0 Å². The van der Waals surface area contributed by atoms with Gasteiger partial charge in [0.15, 0.2) is 5.82 Å². The van der Waals surface area contributed by atoms with E-state index in [1.54, 1.807) is 25.3 Å². The number of aromatic nitrogens is 3. The fourth-order valence-corrected chi connectivity index (χ4v) is 3.58. The van der Waals surface area contributed by atoms with E-state index in [4.69, 9.17) is 0 Å². The molecule has 2 rings (SSSR count). The number of amides is 1. The van der Waals surface area contributed by atoms with E-state index in [1.165, 1.54) is 6.07 Å². The highest BCUT2D eigenvalue weighted by molar-refractivity contribution is 7.91. The topological polar surface area (TPSA) is 117 Å². The molecule has 3 N–H and O–H groups in total. The molecular formula is C11H15N5O3S2. The van der Waals surface area contributed by atoms with Crippen molar-refractivity contribution in [1.82, 2.24) is 25.2 Å². The Morgan fingerprint density at radius 3 is 2.86 bits per heavy atom. The van der Waals surface area contributed by atoms with E-state index >= 15 is 0 Å². The van der Waals surface area contributed by atoms with Crippen LogP contribution in [0.1, 0.15) is 24.6 Å². The Kier molecular flexibility index (Phi) is 4.70. The third kappa shape index (κ3) is 4.09. The number of hydrogen-bond acceptors (Lipinski definition) is 6. The Labute approximate surface area is 126 Å². The van der Waals surface area contributed by atoms with Crippen LogP contribution in [0.25, 0.3) is 0 Å². The molecule has 0 aromatic carbocycles. The molecule has 0 spiro atoms. The molecule has 0 saturated heterocycles. The number of sulfonamides is 1. The van der Waals surface area contributed by atoms with Crippen molar-refractivity contribution in [3.8, 4) is 0 Å². The summed E-state index contributed by atoms with van der Waals surface area (Å²) >= 11 is 1.09. The molecule has 2 heterocycles. The highest BCUT2D eigenvalue weighted by Gasteiger charge is 2.18. The van der Waals surface area contributed by atoms with Crippen LogP contribution < -0.4 is 10.0 Å². The monoisotopic (exact) mass is 329 g/mol. The number of nitrogens with zero attached hydrogens (tertiary/aromatic N) is 2. The van der Waals surface area contributed by atoms with Gasteiger partial charge in [0.2, 0.25) is 5.91 Å². The van der Waals surface area contributed by atoms with Crippen molar-refractivity contribution in [3.05, 3.63) is 29.2 Å². The first-order valence-corrected chi connectivity index (χ1v) is 8.46. The molecule has 114 valence electrons. The van der Waals surface area contributed by atoms with E-state index in [0.29, 0.717) is 11.6 Å². The van der Waals surface area contributed by atoms with Gasteiger partial charge in [0.25, 0.3) is 10.0 Å². The lowest BCUT2D eigenvalue weighted by atomic mass is 10.3. The zero-order valence-electron chi connectivity index (χ0n) is 11.5. The highest BCUT2D eigenvalue weighted by atomic mass is 32.2. The van der Waals surface area contributed by atoms with Gasteiger partial charge in [0.05, 0.1) is 12.6 Å². The SMILES string of the molecule is Cc1nc([C@H](C)NC(=O)CNS(=O)(=O)c2cccs2)n[nH]1. The van der Waals surface area contributed by atoms with Gasteiger partial charge in [-0.25, -0.2) is 18.1 Å². The maximum absolute atomic E-state index is 11.8. The van der Waals surface area contributed by atoms with E-state index in [2.05, 4.69) is 25.2 Å². The second-order valence-electron chi connectivity index (χ2n) is 4.32. The van der Waals surface area contributed by atoms with Crippen LogP contribution in [-0.4, -0.2) is 36.1 Å². The Morgan fingerprint density at radius 1 is 1.52 bits per heavy atom. The van der Waals surface area contributed by atoms with Crippen molar-refractivity contribution < 1.29 is 13.2 Å². The number of aromatic amines is 1. The number of aryl methyl sites for hydroxylation is 1. The molecule has 0 saturated carbocycles. The van der Waals surface area contributed by atoms with Gasteiger partial charge < -0.3 is 5.32 Å². The lowest BCUT2D eigenvalue weighted by Crippen LogP contribution is -2.38. The van der Waals surface area contributed by atoms with Crippen LogP contribution >= 0.6 is 11.3 Å². The van der Waals surface area contributed by atoms with E-state index in [1.807, 2.05) is 0 Å². The largest absolute Gasteiger partial charge is 0.345 e. The number of thiophene rings is 1. The standard InChI is InChI=1S/C11H15N5O3S2/c1-7(11-14-8(2)15-16-11)13-9(17)6-12-21(18,19)10-4-3-5-20-10/h3-5,7,12H,6H2,1-2H3,(H,13,17)(H,14,15,16)/t7-/m0/s1. The smallest absolute Gasteiger partial charge is 0.250 e. The quantitative estimate of drug-likeness (QED) is 0.706. The van der Waals surface area contributed by atoms with E-state index in [0.717, 1.165) is 11.3 Å². The minimum absolute atomic E-state index is 0.174. The molecule has 0 fully saturated rings. The normalized spacial score (nSPS) is 13.0. The Morgan fingerprint density at radius 2 is 2.29 bits per heavy atom. The maximum Gasteiger partial charge on any atom is 0.250 e. The van der Waals surface area contributed by atoms with Crippen molar-refractivity contribution in [2.24, 2.45) is 0 Å². The Bertz CT molecular complexity index is 708. The van der Waals surface area contributed by atoms with Crippen molar-refractivity contribution >= 4 is 27.3 Å². The fraction of sp³-hybridized carbons (Fsp3) is 0.364. The molecule has 8 nitrogen and oxygen atoms in total.